The van der Waals surface area contributed by atoms with Gasteiger partial charge >= 0.3 is 5.97 Å². The smallest absolute Gasteiger partial charge is 0.303 e. The van der Waals surface area contributed by atoms with Crippen molar-refractivity contribution in [3.8, 4) is 0 Å². The zero-order chi connectivity index (χ0) is 18.1. The number of aliphatic carboxylic acids is 1. The Kier molecular flexibility index (Phi) is 8.45. The van der Waals surface area contributed by atoms with Crippen LogP contribution in [0.2, 0.25) is 0 Å². The predicted octanol–water partition coefficient (Wildman–Crippen LogP) is 3.51. The van der Waals surface area contributed by atoms with E-state index < -0.39 is 5.97 Å². The van der Waals surface area contributed by atoms with Crippen LogP contribution in [0.15, 0.2) is 12.2 Å². The minimum atomic E-state index is -0.739. The van der Waals surface area contributed by atoms with Gasteiger partial charge in [0, 0.05) is 19.4 Å². The van der Waals surface area contributed by atoms with Crippen LogP contribution in [-0.4, -0.2) is 45.7 Å². The number of aliphatic hydroxyl groups excluding tert-OH is 1. The van der Waals surface area contributed by atoms with Gasteiger partial charge in [0.25, 0.3) is 0 Å². The van der Waals surface area contributed by atoms with E-state index in [-0.39, 0.29) is 24.5 Å². The van der Waals surface area contributed by atoms with E-state index in [1.807, 2.05) is 17.1 Å². The lowest BCUT2D eigenvalue weighted by Gasteiger charge is -2.26. The fraction of sp³-hybridized carbons (Fsp3) is 0.800. The molecule has 0 aromatic heterocycles. The first-order valence-electron chi connectivity index (χ1n) is 9.95. The molecule has 2 fully saturated rings. The largest absolute Gasteiger partial charge is 0.481 e. The van der Waals surface area contributed by atoms with Crippen molar-refractivity contribution in [3.05, 3.63) is 12.2 Å². The summed E-state index contributed by atoms with van der Waals surface area (Å²) in [7, 11) is 0. The number of carboxylic acid groups (broad SMARTS) is 1. The van der Waals surface area contributed by atoms with E-state index in [4.69, 9.17) is 5.11 Å². The van der Waals surface area contributed by atoms with Crippen molar-refractivity contribution in [1.29, 1.82) is 0 Å². The summed E-state index contributed by atoms with van der Waals surface area (Å²) in [6.07, 6.45) is 14.6. The standard InChI is InChI=1S/C20H33NO4/c22-18(16-8-4-3-5-9-16)13-11-17-12-14-19(23)21(17)15-7-2-1-6-10-20(24)25/h11,13,16-18,22H,1-10,12,14-15H2,(H,24,25)/b13-11+/t17-,18?/m1/s1. The van der Waals surface area contributed by atoms with Crippen LogP contribution in [0, 0.1) is 5.92 Å². The summed E-state index contributed by atoms with van der Waals surface area (Å²) < 4.78 is 0. The topological polar surface area (TPSA) is 77.8 Å². The van der Waals surface area contributed by atoms with Gasteiger partial charge in [0.2, 0.25) is 5.91 Å². The second-order valence-electron chi connectivity index (χ2n) is 7.52. The SMILES string of the molecule is O=C(O)CCCCCCN1C(=O)CC[C@H]1/C=C/C(O)C1CCCCC1. The van der Waals surface area contributed by atoms with Crippen LogP contribution in [0.1, 0.15) is 77.0 Å². The highest BCUT2D eigenvalue weighted by atomic mass is 16.4. The van der Waals surface area contributed by atoms with Crippen molar-refractivity contribution in [2.24, 2.45) is 5.92 Å². The molecule has 1 heterocycles. The third kappa shape index (κ3) is 6.81. The van der Waals surface area contributed by atoms with E-state index >= 15 is 0 Å². The van der Waals surface area contributed by atoms with Crippen molar-refractivity contribution < 1.29 is 19.8 Å². The molecule has 1 aliphatic heterocycles. The third-order valence-corrected chi connectivity index (χ3v) is 5.58. The maximum atomic E-state index is 12.1. The van der Waals surface area contributed by atoms with Gasteiger partial charge in [0.05, 0.1) is 12.1 Å². The number of hydrogen-bond acceptors (Lipinski definition) is 3. The van der Waals surface area contributed by atoms with Gasteiger partial charge in [-0.1, -0.05) is 44.3 Å². The molecule has 1 saturated carbocycles. The number of unbranched alkanes of at least 4 members (excludes halogenated alkanes) is 3. The Labute approximate surface area is 151 Å². The minimum Gasteiger partial charge on any atom is -0.481 e. The highest BCUT2D eigenvalue weighted by Crippen LogP contribution is 2.28. The number of carbonyl (C=O) groups excluding carboxylic acids is 1. The van der Waals surface area contributed by atoms with E-state index in [1.54, 1.807) is 0 Å². The van der Waals surface area contributed by atoms with Crippen LogP contribution in [0.3, 0.4) is 0 Å². The van der Waals surface area contributed by atoms with Crippen molar-refractivity contribution in [2.75, 3.05) is 6.54 Å². The summed E-state index contributed by atoms with van der Waals surface area (Å²) in [6.45, 7) is 0.737. The Morgan fingerprint density at radius 3 is 2.56 bits per heavy atom. The molecule has 2 atom stereocenters. The number of likely N-dealkylation sites (tertiary alicyclic amines) is 1. The van der Waals surface area contributed by atoms with Crippen molar-refractivity contribution in [3.63, 3.8) is 0 Å². The zero-order valence-electron chi connectivity index (χ0n) is 15.2. The van der Waals surface area contributed by atoms with Gasteiger partial charge in [-0.05, 0) is 38.0 Å². The number of rotatable bonds is 10. The van der Waals surface area contributed by atoms with E-state index in [0.29, 0.717) is 18.8 Å². The van der Waals surface area contributed by atoms with Crippen molar-refractivity contribution in [1.82, 2.24) is 4.90 Å². The molecule has 0 aromatic rings. The number of carbonyl (C=O) groups is 2. The predicted molar refractivity (Wildman–Crippen MR) is 97.2 cm³/mol. The fourth-order valence-electron chi connectivity index (χ4n) is 4.03. The molecule has 142 valence electrons. The molecular formula is C20H33NO4. The molecule has 5 nitrogen and oxygen atoms in total. The molecule has 0 radical (unpaired) electrons. The van der Waals surface area contributed by atoms with Gasteiger partial charge < -0.3 is 15.1 Å². The summed E-state index contributed by atoms with van der Waals surface area (Å²) in [5, 5.41) is 19.0. The van der Waals surface area contributed by atoms with Crippen LogP contribution in [-0.2, 0) is 9.59 Å². The zero-order valence-corrected chi connectivity index (χ0v) is 15.2. The Bertz CT molecular complexity index is 457. The van der Waals surface area contributed by atoms with E-state index in [0.717, 1.165) is 45.1 Å². The summed E-state index contributed by atoms with van der Waals surface area (Å²) in [5.74, 6) is -0.159. The lowest BCUT2D eigenvalue weighted by atomic mass is 9.85. The van der Waals surface area contributed by atoms with Gasteiger partial charge in [-0.25, -0.2) is 0 Å². The number of amides is 1. The van der Waals surface area contributed by atoms with Crippen molar-refractivity contribution >= 4 is 11.9 Å². The molecule has 1 aliphatic carbocycles. The highest BCUT2D eigenvalue weighted by molar-refractivity contribution is 5.79. The molecule has 2 rings (SSSR count). The fourth-order valence-corrected chi connectivity index (χ4v) is 4.03. The van der Waals surface area contributed by atoms with Crippen LogP contribution < -0.4 is 0 Å². The average molecular weight is 351 g/mol. The summed E-state index contributed by atoms with van der Waals surface area (Å²) in [4.78, 5) is 24.5. The highest BCUT2D eigenvalue weighted by Gasteiger charge is 2.29. The molecular weight excluding hydrogens is 318 g/mol. The van der Waals surface area contributed by atoms with E-state index in [9.17, 15) is 14.7 Å². The minimum absolute atomic E-state index is 0.116. The molecule has 2 aliphatic rings. The first-order chi connectivity index (χ1) is 12.1. The van der Waals surface area contributed by atoms with Crippen LogP contribution in [0.5, 0.6) is 0 Å². The summed E-state index contributed by atoms with van der Waals surface area (Å²) in [5.41, 5.74) is 0. The molecule has 1 unspecified atom stereocenters. The van der Waals surface area contributed by atoms with Crippen LogP contribution >= 0.6 is 0 Å². The number of carboxylic acids is 1. The second-order valence-corrected chi connectivity index (χ2v) is 7.52. The van der Waals surface area contributed by atoms with Gasteiger partial charge in [0.15, 0.2) is 0 Å². The van der Waals surface area contributed by atoms with Gasteiger partial charge in [0.1, 0.15) is 0 Å². The number of aliphatic hydroxyl groups is 1. The summed E-state index contributed by atoms with van der Waals surface area (Å²) >= 11 is 0. The Balaban J connectivity index is 1.72. The quantitative estimate of drug-likeness (QED) is 0.466. The maximum absolute atomic E-state index is 12.1. The summed E-state index contributed by atoms with van der Waals surface area (Å²) in [6, 6.07) is 0.116. The molecule has 2 N–H and O–H groups in total. The van der Waals surface area contributed by atoms with Gasteiger partial charge in [-0.2, -0.15) is 0 Å². The first-order valence-corrected chi connectivity index (χ1v) is 9.95. The Hall–Kier alpha value is -1.36. The lowest BCUT2D eigenvalue weighted by molar-refractivity contribution is -0.137. The average Bonchev–Trinajstić information content (AvgIpc) is 2.96. The second kappa shape index (κ2) is 10.6. The van der Waals surface area contributed by atoms with Crippen LogP contribution in [0.25, 0.3) is 0 Å². The monoisotopic (exact) mass is 351 g/mol. The van der Waals surface area contributed by atoms with Gasteiger partial charge in [-0.3, -0.25) is 9.59 Å². The molecule has 1 amide bonds. The third-order valence-electron chi connectivity index (χ3n) is 5.58. The Morgan fingerprint density at radius 2 is 1.84 bits per heavy atom. The van der Waals surface area contributed by atoms with E-state index in [2.05, 4.69) is 0 Å². The van der Waals surface area contributed by atoms with Crippen molar-refractivity contribution in [2.45, 2.75) is 89.2 Å². The number of hydrogen-bond donors (Lipinski definition) is 2. The molecule has 0 bridgehead atoms. The molecule has 5 heteroatoms. The molecule has 0 aromatic carbocycles. The van der Waals surface area contributed by atoms with Gasteiger partial charge in [-0.15, -0.1) is 0 Å². The first kappa shape index (κ1) is 20.0. The maximum Gasteiger partial charge on any atom is 0.303 e. The number of nitrogens with zero attached hydrogens (tertiary/aromatic N) is 1. The van der Waals surface area contributed by atoms with E-state index in [1.165, 1.54) is 19.3 Å². The lowest BCUT2D eigenvalue weighted by Crippen LogP contribution is -2.33. The molecule has 25 heavy (non-hydrogen) atoms. The molecule has 1 saturated heterocycles. The molecule has 0 spiro atoms. The van der Waals surface area contributed by atoms with Crippen LogP contribution in [0.4, 0.5) is 0 Å². The Morgan fingerprint density at radius 1 is 1.12 bits per heavy atom. The normalized spacial score (nSPS) is 23.5.